The van der Waals surface area contributed by atoms with Gasteiger partial charge in [-0.15, -0.1) is 0 Å². The average molecular weight is 313 g/mol. The summed E-state index contributed by atoms with van der Waals surface area (Å²) in [6.45, 7) is 1.94. The number of benzene rings is 1. The molecule has 96 valence electrons. The molecular formula is C12H13BrN2O3. The van der Waals surface area contributed by atoms with Crippen molar-refractivity contribution in [2.45, 2.75) is 6.92 Å². The molecule has 2 N–H and O–H groups in total. The van der Waals surface area contributed by atoms with Crippen LogP contribution in [0.5, 0.6) is 11.5 Å². The van der Waals surface area contributed by atoms with Crippen molar-refractivity contribution in [3.8, 4) is 22.8 Å². The molecule has 0 bridgehead atoms. The molecule has 0 amide bonds. The van der Waals surface area contributed by atoms with Crippen LogP contribution in [0.2, 0.25) is 0 Å². The number of hydrogen-bond donors (Lipinski definition) is 1. The lowest BCUT2D eigenvalue weighted by Gasteiger charge is -2.14. The standard InChI is InChI=1S/C12H13BrN2O3/c1-6-7(8-5-10(14)15-18-8)4-9(16-2)12(17-3)11(6)13/h4-5H,1-3H3,(H2,14,15). The van der Waals surface area contributed by atoms with E-state index < -0.39 is 0 Å². The van der Waals surface area contributed by atoms with Crippen LogP contribution in [0, 0.1) is 6.92 Å². The molecule has 0 aliphatic rings. The molecule has 0 saturated heterocycles. The van der Waals surface area contributed by atoms with Crippen LogP contribution in [0.15, 0.2) is 21.1 Å². The lowest BCUT2D eigenvalue weighted by Crippen LogP contribution is -1.95. The first kappa shape index (κ1) is 12.8. The molecule has 0 fully saturated rings. The largest absolute Gasteiger partial charge is 0.493 e. The van der Waals surface area contributed by atoms with Crippen molar-refractivity contribution in [3.63, 3.8) is 0 Å². The molecule has 18 heavy (non-hydrogen) atoms. The topological polar surface area (TPSA) is 70.5 Å². The van der Waals surface area contributed by atoms with Gasteiger partial charge in [-0.2, -0.15) is 0 Å². The van der Waals surface area contributed by atoms with Crippen molar-refractivity contribution >= 4 is 21.7 Å². The molecule has 0 aliphatic carbocycles. The molecule has 2 aromatic rings. The quantitative estimate of drug-likeness (QED) is 0.943. The highest BCUT2D eigenvalue weighted by Crippen LogP contribution is 2.42. The fourth-order valence-corrected chi connectivity index (χ4v) is 2.29. The van der Waals surface area contributed by atoms with Gasteiger partial charge in [0, 0.05) is 11.6 Å². The minimum absolute atomic E-state index is 0.343. The van der Waals surface area contributed by atoms with E-state index in [-0.39, 0.29) is 0 Å². The monoisotopic (exact) mass is 312 g/mol. The van der Waals surface area contributed by atoms with Gasteiger partial charge in [-0.1, -0.05) is 5.16 Å². The number of nitrogen functional groups attached to an aromatic ring is 1. The normalized spacial score (nSPS) is 10.4. The number of nitrogens with two attached hydrogens (primary N) is 1. The molecule has 0 atom stereocenters. The Hall–Kier alpha value is -1.69. The van der Waals surface area contributed by atoms with Crippen LogP contribution in [-0.4, -0.2) is 19.4 Å². The second-order valence-electron chi connectivity index (χ2n) is 3.71. The van der Waals surface area contributed by atoms with Crippen LogP contribution in [0.3, 0.4) is 0 Å². The number of aromatic nitrogens is 1. The van der Waals surface area contributed by atoms with Gasteiger partial charge in [0.05, 0.1) is 18.7 Å². The Bertz CT molecular complexity index is 581. The number of anilines is 1. The molecule has 0 radical (unpaired) electrons. The third kappa shape index (κ3) is 2.03. The average Bonchev–Trinajstić information content (AvgIpc) is 2.78. The van der Waals surface area contributed by atoms with Crippen molar-refractivity contribution < 1.29 is 14.0 Å². The van der Waals surface area contributed by atoms with Crippen molar-refractivity contribution in [1.29, 1.82) is 0 Å². The van der Waals surface area contributed by atoms with Gasteiger partial charge in [0.25, 0.3) is 0 Å². The number of nitrogens with zero attached hydrogens (tertiary/aromatic N) is 1. The molecule has 0 saturated carbocycles. The van der Waals surface area contributed by atoms with E-state index >= 15 is 0 Å². The predicted octanol–water partition coefficient (Wildman–Crippen LogP) is 3.01. The lowest BCUT2D eigenvalue weighted by atomic mass is 10.1. The molecule has 1 aromatic carbocycles. The molecule has 0 aliphatic heterocycles. The smallest absolute Gasteiger partial charge is 0.175 e. The summed E-state index contributed by atoms with van der Waals surface area (Å²) in [6, 6.07) is 3.50. The van der Waals surface area contributed by atoms with Crippen LogP contribution < -0.4 is 15.2 Å². The highest BCUT2D eigenvalue weighted by atomic mass is 79.9. The highest BCUT2D eigenvalue weighted by molar-refractivity contribution is 9.10. The summed E-state index contributed by atoms with van der Waals surface area (Å²) < 4.78 is 16.6. The van der Waals surface area contributed by atoms with Crippen LogP contribution in [0.25, 0.3) is 11.3 Å². The van der Waals surface area contributed by atoms with Gasteiger partial charge >= 0.3 is 0 Å². The van der Waals surface area contributed by atoms with Gasteiger partial charge in [-0.25, -0.2) is 0 Å². The summed E-state index contributed by atoms with van der Waals surface area (Å²) in [4.78, 5) is 0. The fourth-order valence-electron chi connectivity index (χ4n) is 1.72. The van der Waals surface area contributed by atoms with E-state index in [0.29, 0.717) is 23.1 Å². The Kier molecular flexibility index (Phi) is 3.47. The maximum absolute atomic E-state index is 5.56. The van der Waals surface area contributed by atoms with E-state index in [1.165, 1.54) is 0 Å². The highest BCUT2D eigenvalue weighted by Gasteiger charge is 2.18. The van der Waals surface area contributed by atoms with Crippen molar-refractivity contribution in [1.82, 2.24) is 5.16 Å². The van der Waals surface area contributed by atoms with Crippen molar-refractivity contribution in [2.75, 3.05) is 20.0 Å². The Labute approximate surface area is 113 Å². The van der Waals surface area contributed by atoms with Gasteiger partial charge < -0.3 is 19.7 Å². The Morgan fingerprint density at radius 1 is 1.28 bits per heavy atom. The van der Waals surface area contributed by atoms with Gasteiger partial charge in [-0.3, -0.25) is 0 Å². The zero-order valence-corrected chi connectivity index (χ0v) is 11.9. The van der Waals surface area contributed by atoms with Gasteiger partial charge in [-0.05, 0) is 34.5 Å². The van der Waals surface area contributed by atoms with E-state index in [2.05, 4.69) is 21.1 Å². The predicted molar refractivity (Wildman–Crippen MR) is 71.9 cm³/mol. The molecule has 6 heteroatoms. The number of halogens is 1. The van der Waals surface area contributed by atoms with E-state index in [1.807, 2.05) is 13.0 Å². The van der Waals surface area contributed by atoms with Crippen molar-refractivity contribution in [3.05, 3.63) is 22.2 Å². The van der Waals surface area contributed by atoms with Crippen LogP contribution in [-0.2, 0) is 0 Å². The third-order valence-corrected chi connectivity index (χ3v) is 3.60. The Morgan fingerprint density at radius 2 is 2.00 bits per heavy atom. The minimum atomic E-state index is 0.343. The van der Waals surface area contributed by atoms with E-state index in [9.17, 15) is 0 Å². The Morgan fingerprint density at radius 3 is 2.50 bits per heavy atom. The fraction of sp³-hybridized carbons (Fsp3) is 0.250. The van der Waals surface area contributed by atoms with E-state index in [4.69, 9.17) is 19.7 Å². The van der Waals surface area contributed by atoms with E-state index in [1.54, 1.807) is 20.3 Å². The zero-order chi connectivity index (χ0) is 13.3. The van der Waals surface area contributed by atoms with Gasteiger partial charge in [0.2, 0.25) is 0 Å². The first-order valence-corrected chi connectivity index (χ1v) is 6.01. The van der Waals surface area contributed by atoms with Crippen LogP contribution in [0.1, 0.15) is 5.56 Å². The lowest BCUT2D eigenvalue weighted by molar-refractivity contribution is 0.352. The summed E-state index contributed by atoms with van der Waals surface area (Å²) in [6.07, 6.45) is 0. The zero-order valence-electron chi connectivity index (χ0n) is 10.3. The van der Waals surface area contributed by atoms with E-state index in [0.717, 1.165) is 15.6 Å². The third-order valence-electron chi connectivity index (χ3n) is 2.65. The van der Waals surface area contributed by atoms with Gasteiger partial charge in [0.15, 0.2) is 23.1 Å². The summed E-state index contributed by atoms with van der Waals surface area (Å²) in [5, 5.41) is 3.68. The maximum Gasteiger partial charge on any atom is 0.175 e. The van der Waals surface area contributed by atoms with Gasteiger partial charge in [0.1, 0.15) is 0 Å². The first-order chi connectivity index (χ1) is 8.58. The van der Waals surface area contributed by atoms with Crippen LogP contribution in [0.4, 0.5) is 5.82 Å². The summed E-state index contributed by atoms with van der Waals surface area (Å²) >= 11 is 3.49. The first-order valence-electron chi connectivity index (χ1n) is 5.22. The molecule has 0 unspecified atom stereocenters. The van der Waals surface area contributed by atoms with Crippen molar-refractivity contribution in [2.24, 2.45) is 0 Å². The number of methoxy groups -OCH3 is 2. The molecule has 1 heterocycles. The number of hydrogen-bond acceptors (Lipinski definition) is 5. The Balaban J connectivity index is 2.65. The second-order valence-corrected chi connectivity index (χ2v) is 4.51. The minimum Gasteiger partial charge on any atom is -0.493 e. The summed E-state index contributed by atoms with van der Waals surface area (Å²) in [5.41, 5.74) is 7.37. The molecule has 1 aromatic heterocycles. The second kappa shape index (κ2) is 4.89. The molecule has 5 nitrogen and oxygen atoms in total. The molecule has 0 spiro atoms. The summed E-state index contributed by atoms with van der Waals surface area (Å²) in [7, 11) is 3.17. The SMILES string of the molecule is COc1cc(-c2cc(N)no2)c(C)c(Br)c1OC. The summed E-state index contributed by atoms with van der Waals surface area (Å²) in [5.74, 6) is 2.19. The van der Waals surface area contributed by atoms with Crippen LogP contribution >= 0.6 is 15.9 Å². The number of ether oxygens (including phenoxy) is 2. The maximum atomic E-state index is 5.56. The molecule has 2 rings (SSSR count). The molecular weight excluding hydrogens is 300 g/mol. The number of rotatable bonds is 3.